The van der Waals surface area contributed by atoms with Crippen LogP contribution >= 0.6 is 11.6 Å². The van der Waals surface area contributed by atoms with Crippen molar-refractivity contribution in [3.05, 3.63) is 53.4 Å². The summed E-state index contributed by atoms with van der Waals surface area (Å²) in [6, 6.07) is 7.32. The number of amides is 1. The molecule has 28 heavy (non-hydrogen) atoms. The van der Waals surface area contributed by atoms with Crippen LogP contribution in [0.2, 0.25) is 5.02 Å². The van der Waals surface area contributed by atoms with E-state index in [1.54, 1.807) is 29.0 Å². The van der Waals surface area contributed by atoms with Crippen LogP contribution in [0.3, 0.4) is 0 Å². The highest BCUT2D eigenvalue weighted by Gasteiger charge is 2.69. The third kappa shape index (κ3) is 2.86. The van der Waals surface area contributed by atoms with Gasteiger partial charge in [-0.25, -0.2) is 9.50 Å². The standard InChI is InChI=1S/C20H20ClN5O2/c1-13-8-14(2-3-15(13)21)28-9-17(27)24-19-10-20(11-19,12-19)25-18-16-4-5-23-26(16)7-6-22-18/h2-8H,9-12H2,1H3,(H,22,25)(H,24,27). The van der Waals surface area contributed by atoms with Gasteiger partial charge in [-0.15, -0.1) is 0 Å². The first-order valence-electron chi connectivity index (χ1n) is 9.23. The lowest BCUT2D eigenvalue weighted by molar-refractivity contribution is -0.135. The summed E-state index contributed by atoms with van der Waals surface area (Å²) in [6.45, 7) is 1.91. The fourth-order valence-corrected chi connectivity index (χ4v) is 4.56. The molecule has 3 aliphatic rings. The highest BCUT2D eigenvalue weighted by molar-refractivity contribution is 6.31. The molecule has 2 heterocycles. The molecule has 2 bridgehead atoms. The number of ether oxygens (including phenoxy) is 1. The molecule has 7 nitrogen and oxygen atoms in total. The Bertz CT molecular complexity index is 1060. The zero-order chi connectivity index (χ0) is 19.4. The summed E-state index contributed by atoms with van der Waals surface area (Å²) < 4.78 is 7.39. The van der Waals surface area contributed by atoms with E-state index in [0.717, 1.165) is 36.2 Å². The summed E-state index contributed by atoms with van der Waals surface area (Å²) in [5.41, 5.74) is 1.78. The van der Waals surface area contributed by atoms with Gasteiger partial charge in [0, 0.05) is 28.5 Å². The largest absolute Gasteiger partial charge is 0.484 e. The molecule has 1 amide bonds. The van der Waals surface area contributed by atoms with Crippen LogP contribution in [0.5, 0.6) is 5.75 Å². The summed E-state index contributed by atoms with van der Waals surface area (Å²) in [5.74, 6) is 1.38. The molecule has 8 heteroatoms. The fourth-order valence-electron chi connectivity index (χ4n) is 4.45. The van der Waals surface area contributed by atoms with Gasteiger partial charge in [-0.3, -0.25) is 4.79 Å². The van der Waals surface area contributed by atoms with E-state index < -0.39 is 0 Å². The average molecular weight is 398 g/mol. The predicted octanol–water partition coefficient (Wildman–Crippen LogP) is 2.97. The van der Waals surface area contributed by atoms with Gasteiger partial charge < -0.3 is 15.4 Å². The molecule has 3 aromatic rings. The van der Waals surface area contributed by atoms with Crippen molar-refractivity contribution in [3.8, 4) is 5.75 Å². The molecule has 0 atom stereocenters. The number of rotatable bonds is 6. The molecule has 0 aliphatic heterocycles. The van der Waals surface area contributed by atoms with Crippen molar-refractivity contribution in [3.63, 3.8) is 0 Å². The minimum absolute atomic E-state index is 0.0000607. The van der Waals surface area contributed by atoms with E-state index in [-0.39, 0.29) is 23.6 Å². The minimum atomic E-state index is -0.116. The highest BCUT2D eigenvalue weighted by atomic mass is 35.5. The first-order chi connectivity index (χ1) is 13.5. The van der Waals surface area contributed by atoms with Gasteiger partial charge in [-0.05, 0) is 56.0 Å². The summed E-state index contributed by atoms with van der Waals surface area (Å²) in [4.78, 5) is 16.7. The van der Waals surface area contributed by atoms with Crippen molar-refractivity contribution >= 4 is 28.8 Å². The maximum Gasteiger partial charge on any atom is 0.258 e. The fraction of sp³-hybridized carbons (Fsp3) is 0.350. The first kappa shape index (κ1) is 17.3. The van der Waals surface area contributed by atoms with Crippen LogP contribution < -0.4 is 15.4 Å². The third-order valence-corrected chi connectivity index (χ3v) is 6.07. The zero-order valence-electron chi connectivity index (χ0n) is 15.4. The van der Waals surface area contributed by atoms with E-state index in [9.17, 15) is 4.79 Å². The van der Waals surface area contributed by atoms with Gasteiger partial charge in [0.2, 0.25) is 0 Å². The molecule has 0 spiro atoms. The Balaban J connectivity index is 1.15. The lowest BCUT2D eigenvalue weighted by Crippen LogP contribution is -2.81. The van der Waals surface area contributed by atoms with Gasteiger partial charge in [0.05, 0.1) is 6.20 Å². The Kier molecular flexibility index (Phi) is 3.77. The van der Waals surface area contributed by atoms with Crippen LogP contribution in [-0.2, 0) is 4.79 Å². The zero-order valence-corrected chi connectivity index (χ0v) is 16.2. The summed E-state index contributed by atoms with van der Waals surface area (Å²) in [5, 5.41) is 11.6. The lowest BCUT2D eigenvalue weighted by Gasteiger charge is -2.70. The molecule has 3 aliphatic carbocycles. The van der Waals surface area contributed by atoms with Crippen molar-refractivity contribution in [1.82, 2.24) is 19.9 Å². The normalized spacial score (nSPS) is 24.9. The molecule has 3 saturated carbocycles. The molecule has 144 valence electrons. The van der Waals surface area contributed by atoms with Crippen molar-refractivity contribution in [2.45, 2.75) is 37.3 Å². The van der Waals surface area contributed by atoms with E-state index in [0.29, 0.717) is 10.8 Å². The summed E-state index contributed by atoms with van der Waals surface area (Å²) in [6.07, 6.45) is 8.00. The Morgan fingerprint density at radius 2 is 2.07 bits per heavy atom. The molecular formula is C20H20ClN5O2. The third-order valence-electron chi connectivity index (χ3n) is 5.64. The van der Waals surface area contributed by atoms with Gasteiger partial charge in [-0.2, -0.15) is 5.10 Å². The van der Waals surface area contributed by atoms with Gasteiger partial charge in [-0.1, -0.05) is 11.6 Å². The molecule has 2 aromatic heterocycles. The predicted molar refractivity (Wildman–Crippen MR) is 106 cm³/mol. The van der Waals surface area contributed by atoms with Gasteiger partial charge >= 0.3 is 0 Å². The van der Waals surface area contributed by atoms with Gasteiger partial charge in [0.25, 0.3) is 5.91 Å². The van der Waals surface area contributed by atoms with Crippen molar-refractivity contribution in [1.29, 1.82) is 0 Å². The van der Waals surface area contributed by atoms with Crippen LogP contribution in [0.1, 0.15) is 24.8 Å². The highest BCUT2D eigenvalue weighted by Crippen LogP contribution is 2.61. The van der Waals surface area contributed by atoms with Gasteiger partial charge in [0.15, 0.2) is 12.4 Å². The van der Waals surface area contributed by atoms with E-state index in [2.05, 4.69) is 20.7 Å². The first-order valence-corrected chi connectivity index (χ1v) is 9.60. The lowest BCUT2D eigenvalue weighted by atomic mass is 9.44. The Morgan fingerprint density at radius 1 is 1.25 bits per heavy atom. The van der Waals surface area contributed by atoms with Crippen molar-refractivity contribution in [2.75, 3.05) is 11.9 Å². The number of anilines is 1. The molecular weight excluding hydrogens is 378 g/mol. The van der Waals surface area contributed by atoms with Gasteiger partial charge in [0.1, 0.15) is 11.3 Å². The van der Waals surface area contributed by atoms with Crippen molar-refractivity contribution in [2.24, 2.45) is 0 Å². The van der Waals surface area contributed by atoms with Crippen molar-refractivity contribution < 1.29 is 9.53 Å². The van der Waals surface area contributed by atoms with E-state index in [1.165, 1.54) is 0 Å². The maximum atomic E-state index is 12.3. The average Bonchev–Trinajstić information content (AvgIpc) is 3.09. The Hall–Kier alpha value is -2.80. The second-order valence-corrected chi connectivity index (χ2v) is 8.31. The number of halogens is 1. The molecule has 2 N–H and O–H groups in total. The summed E-state index contributed by atoms with van der Waals surface area (Å²) in [7, 11) is 0. The number of fused-ring (bicyclic) bond motifs is 1. The van der Waals surface area contributed by atoms with Crippen LogP contribution in [0.25, 0.3) is 5.52 Å². The smallest absolute Gasteiger partial charge is 0.258 e. The quantitative estimate of drug-likeness (QED) is 0.668. The molecule has 0 unspecified atom stereocenters. The Labute approximate surface area is 167 Å². The molecule has 1 aromatic carbocycles. The number of aromatic nitrogens is 3. The van der Waals surface area contributed by atoms with Crippen LogP contribution in [-0.4, -0.2) is 38.2 Å². The SMILES string of the molecule is Cc1cc(OCC(=O)NC23CC(Nc4nccn5nccc45)(C2)C3)ccc1Cl. The number of carbonyl (C=O) groups is 1. The number of aryl methyl sites for hydroxylation is 1. The summed E-state index contributed by atoms with van der Waals surface area (Å²) >= 11 is 6.01. The number of benzene rings is 1. The van der Waals surface area contributed by atoms with E-state index in [1.807, 2.05) is 25.3 Å². The van der Waals surface area contributed by atoms with E-state index in [4.69, 9.17) is 16.3 Å². The second kappa shape index (κ2) is 6.10. The molecule has 0 saturated heterocycles. The number of nitrogens with zero attached hydrogens (tertiary/aromatic N) is 3. The second-order valence-electron chi connectivity index (χ2n) is 7.90. The minimum Gasteiger partial charge on any atom is -0.484 e. The number of hydrogen-bond donors (Lipinski definition) is 2. The number of hydrogen-bond acceptors (Lipinski definition) is 5. The molecule has 3 fully saturated rings. The van der Waals surface area contributed by atoms with Crippen LogP contribution in [0.15, 0.2) is 42.9 Å². The molecule has 6 rings (SSSR count). The van der Waals surface area contributed by atoms with E-state index >= 15 is 0 Å². The monoisotopic (exact) mass is 397 g/mol. The maximum absolute atomic E-state index is 12.3. The van der Waals surface area contributed by atoms with Crippen LogP contribution in [0, 0.1) is 6.92 Å². The molecule has 0 radical (unpaired) electrons. The number of carbonyl (C=O) groups excluding carboxylic acids is 1. The van der Waals surface area contributed by atoms with Crippen LogP contribution in [0.4, 0.5) is 5.82 Å². The Morgan fingerprint density at radius 3 is 2.86 bits per heavy atom. The number of nitrogens with one attached hydrogen (secondary N) is 2. The topological polar surface area (TPSA) is 80.5 Å².